The molecule has 1 aliphatic carbocycles. The number of methoxy groups -OCH3 is 1. The average molecular weight is 192 g/mol. The van der Waals surface area contributed by atoms with Crippen molar-refractivity contribution in [1.29, 1.82) is 0 Å². The number of hydrogen-bond acceptors (Lipinski definition) is 3. The van der Waals surface area contributed by atoms with Gasteiger partial charge >= 0.3 is 0 Å². The Balaban J connectivity index is 1.99. The molecule has 0 spiro atoms. The highest BCUT2D eigenvalue weighted by Gasteiger charge is 2.23. The Morgan fingerprint density at radius 1 is 1.50 bits per heavy atom. The summed E-state index contributed by atoms with van der Waals surface area (Å²) in [6.07, 6.45) is 4.38. The molecule has 1 heterocycles. The number of rotatable bonds is 4. The summed E-state index contributed by atoms with van der Waals surface area (Å²) in [5.74, 6) is 0.812. The van der Waals surface area contributed by atoms with Gasteiger partial charge in [0.15, 0.2) is 0 Å². The van der Waals surface area contributed by atoms with Gasteiger partial charge < -0.3 is 10.1 Å². The van der Waals surface area contributed by atoms with Crippen molar-refractivity contribution in [2.75, 3.05) is 7.11 Å². The first kappa shape index (κ1) is 9.46. The molecule has 14 heavy (non-hydrogen) atoms. The second kappa shape index (κ2) is 3.96. The van der Waals surface area contributed by atoms with E-state index < -0.39 is 0 Å². The quantitative estimate of drug-likeness (QED) is 0.791. The van der Waals surface area contributed by atoms with Gasteiger partial charge in [-0.05, 0) is 31.9 Å². The van der Waals surface area contributed by atoms with Crippen LogP contribution >= 0.6 is 0 Å². The van der Waals surface area contributed by atoms with E-state index in [0.29, 0.717) is 12.1 Å². The molecule has 0 saturated heterocycles. The maximum Gasteiger partial charge on any atom is 0.137 e. The van der Waals surface area contributed by atoms with Crippen molar-refractivity contribution in [2.45, 2.75) is 31.8 Å². The molecule has 1 unspecified atom stereocenters. The molecular formula is C11H16N2O. The molecule has 0 aromatic carbocycles. The second-order valence-electron chi connectivity index (χ2n) is 3.79. The first-order valence-electron chi connectivity index (χ1n) is 5.05. The van der Waals surface area contributed by atoms with Gasteiger partial charge in [0.25, 0.3) is 0 Å². The van der Waals surface area contributed by atoms with Crippen molar-refractivity contribution in [3.05, 3.63) is 24.0 Å². The summed E-state index contributed by atoms with van der Waals surface area (Å²) in [6.45, 7) is 2.15. The van der Waals surface area contributed by atoms with E-state index in [-0.39, 0.29) is 0 Å². The Kier molecular flexibility index (Phi) is 2.68. The fraction of sp³-hybridized carbons (Fsp3) is 0.545. The van der Waals surface area contributed by atoms with Crippen LogP contribution in [-0.4, -0.2) is 18.1 Å². The monoisotopic (exact) mass is 192 g/mol. The molecule has 0 amide bonds. The lowest BCUT2D eigenvalue weighted by Crippen LogP contribution is -2.21. The van der Waals surface area contributed by atoms with Crippen LogP contribution < -0.4 is 10.1 Å². The number of nitrogens with one attached hydrogen (secondary N) is 1. The maximum absolute atomic E-state index is 5.06. The zero-order chi connectivity index (χ0) is 9.97. The third kappa shape index (κ3) is 2.23. The lowest BCUT2D eigenvalue weighted by molar-refractivity contribution is 0.412. The van der Waals surface area contributed by atoms with E-state index in [1.54, 1.807) is 13.3 Å². The van der Waals surface area contributed by atoms with Gasteiger partial charge in [-0.3, -0.25) is 4.98 Å². The summed E-state index contributed by atoms with van der Waals surface area (Å²) in [6, 6.07) is 5.02. The van der Waals surface area contributed by atoms with Crippen molar-refractivity contribution in [3.63, 3.8) is 0 Å². The molecule has 76 valence electrons. The molecule has 0 bridgehead atoms. The van der Waals surface area contributed by atoms with Crippen molar-refractivity contribution in [2.24, 2.45) is 0 Å². The smallest absolute Gasteiger partial charge is 0.137 e. The zero-order valence-corrected chi connectivity index (χ0v) is 8.66. The molecule has 1 aromatic heterocycles. The Morgan fingerprint density at radius 2 is 2.29 bits per heavy atom. The second-order valence-corrected chi connectivity index (χ2v) is 3.79. The summed E-state index contributed by atoms with van der Waals surface area (Å²) in [7, 11) is 1.66. The lowest BCUT2D eigenvalue weighted by Gasteiger charge is -2.12. The summed E-state index contributed by atoms with van der Waals surface area (Å²) in [4.78, 5) is 4.34. The molecule has 2 rings (SSSR count). The standard InChI is InChI=1S/C11H16N2O/c1-8(13-9-3-4-9)11-6-5-10(14-2)7-12-11/h5-9,13H,3-4H2,1-2H3. The summed E-state index contributed by atoms with van der Waals surface area (Å²) >= 11 is 0. The summed E-state index contributed by atoms with van der Waals surface area (Å²) < 4.78 is 5.06. The van der Waals surface area contributed by atoms with Crippen LogP contribution in [0.5, 0.6) is 5.75 Å². The molecule has 3 nitrogen and oxygen atoms in total. The Bertz CT molecular complexity index is 293. The van der Waals surface area contributed by atoms with E-state index in [9.17, 15) is 0 Å². The number of aromatic nitrogens is 1. The van der Waals surface area contributed by atoms with Crippen LogP contribution in [0.1, 0.15) is 31.5 Å². The van der Waals surface area contributed by atoms with Crippen LogP contribution in [0.15, 0.2) is 18.3 Å². The zero-order valence-electron chi connectivity index (χ0n) is 8.66. The Morgan fingerprint density at radius 3 is 2.79 bits per heavy atom. The Hall–Kier alpha value is -1.09. The maximum atomic E-state index is 5.06. The molecule has 0 radical (unpaired) electrons. The van der Waals surface area contributed by atoms with E-state index in [1.807, 2.05) is 12.1 Å². The first-order chi connectivity index (χ1) is 6.79. The number of hydrogen-bond donors (Lipinski definition) is 1. The van der Waals surface area contributed by atoms with Gasteiger partial charge in [0, 0.05) is 12.1 Å². The SMILES string of the molecule is COc1ccc(C(C)NC2CC2)nc1. The van der Waals surface area contributed by atoms with E-state index in [1.165, 1.54) is 12.8 Å². The number of ether oxygens (including phenoxy) is 1. The van der Waals surface area contributed by atoms with Gasteiger partial charge in [-0.25, -0.2) is 0 Å². The predicted molar refractivity (Wildman–Crippen MR) is 55.4 cm³/mol. The minimum atomic E-state index is 0.341. The first-order valence-corrected chi connectivity index (χ1v) is 5.05. The molecule has 1 fully saturated rings. The van der Waals surface area contributed by atoms with Gasteiger partial charge in [0.2, 0.25) is 0 Å². The lowest BCUT2D eigenvalue weighted by atomic mass is 10.2. The fourth-order valence-corrected chi connectivity index (χ4v) is 1.46. The average Bonchev–Trinajstić information content (AvgIpc) is 3.02. The fourth-order valence-electron chi connectivity index (χ4n) is 1.46. The molecular weight excluding hydrogens is 176 g/mol. The van der Waals surface area contributed by atoms with Crippen LogP contribution in [0.3, 0.4) is 0 Å². The van der Waals surface area contributed by atoms with Crippen molar-refractivity contribution < 1.29 is 4.74 Å². The van der Waals surface area contributed by atoms with Gasteiger partial charge in [-0.15, -0.1) is 0 Å². The molecule has 3 heteroatoms. The topological polar surface area (TPSA) is 34.1 Å². The molecule has 1 aromatic rings. The molecule has 1 atom stereocenters. The van der Waals surface area contributed by atoms with Crippen molar-refractivity contribution in [1.82, 2.24) is 10.3 Å². The number of pyridine rings is 1. The van der Waals surface area contributed by atoms with E-state index >= 15 is 0 Å². The highest BCUT2D eigenvalue weighted by atomic mass is 16.5. The third-order valence-electron chi connectivity index (χ3n) is 2.50. The van der Waals surface area contributed by atoms with Gasteiger partial charge in [0.05, 0.1) is 19.0 Å². The van der Waals surface area contributed by atoms with Crippen LogP contribution in [0.2, 0.25) is 0 Å². The van der Waals surface area contributed by atoms with Crippen molar-refractivity contribution in [3.8, 4) is 5.75 Å². The molecule has 0 aliphatic heterocycles. The molecule has 1 aliphatic rings. The van der Waals surface area contributed by atoms with E-state index in [0.717, 1.165) is 11.4 Å². The van der Waals surface area contributed by atoms with Gasteiger partial charge in [-0.2, -0.15) is 0 Å². The normalized spacial score (nSPS) is 17.9. The minimum Gasteiger partial charge on any atom is -0.495 e. The van der Waals surface area contributed by atoms with Crippen LogP contribution in [0.25, 0.3) is 0 Å². The van der Waals surface area contributed by atoms with Crippen molar-refractivity contribution >= 4 is 0 Å². The van der Waals surface area contributed by atoms with Crippen LogP contribution in [0.4, 0.5) is 0 Å². The van der Waals surface area contributed by atoms with Gasteiger partial charge in [-0.1, -0.05) is 0 Å². The highest BCUT2D eigenvalue weighted by molar-refractivity contribution is 5.21. The molecule has 1 N–H and O–H groups in total. The third-order valence-corrected chi connectivity index (χ3v) is 2.50. The molecule has 1 saturated carbocycles. The van der Waals surface area contributed by atoms with Gasteiger partial charge in [0.1, 0.15) is 5.75 Å². The largest absolute Gasteiger partial charge is 0.495 e. The summed E-state index contributed by atoms with van der Waals surface area (Å²) in [5, 5.41) is 3.50. The summed E-state index contributed by atoms with van der Waals surface area (Å²) in [5.41, 5.74) is 1.08. The minimum absolute atomic E-state index is 0.341. The van der Waals surface area contributed by atoms with Crippen LogP contribution in [-0.2, 0) is 0 Å². The van der Waals surface area contributed by atoms with Crippen LogP contribution in [0, 0.1) is 0 Å². The predicted octanol–water partition coefficient (Wildman–Crippen LogP) is 1.90. The van der Waals surface area contributed by atoms with E-state index in [2.05, 4.69) is 17.2 Å². The van der Waals surface area contributed by atoms with E-state index in [4.69, 9.17) is 4.74 Å². The highest BCUT2D eigenvalue weighted by Crippen LogP contribution is 2.23. The Labute approximate surface area is 84.5 Å². The number of nitrogens with zero attached hydrogens (tertiary/aromatic N) is 1.